The van der Waals surface area contributed by atoms with E-state index >= 15 is 0 Å². The van der Waals surface area contributed by atoms with Crippen LogP contribution in [0.15, 0.2) is 48.5 Å². The van der Waals surface area contributed by atoms with E-state index in [-0.39, 0.29) is 23.9 Å². The lowest BCUT2D eigenvalue weighted by molar-refractivity contribution is -0.137. The highest BCUT2D eigenvalue weighted by molar-refractivity contribution is 5.98. The van der Waals surface area contributed by atoms with Crippen LogP contribution in [0.5, 0.6) is 0 Å². The second-order valence-electron chi connectivity index (χ2n) is 7.49. The van der Waals surface area contributed by atoms with Gasteiger partial charge in [0.05, 0.1) is 12.2 Å². The number of hydrogen-bond donors (Lipinski definition) is 1. The fraction of sp³-hybridized carbons (Fsp3) is 0.375. The summed E-state index contributed by atoms with van der Waals surface area (Å²) in [6.07, 6.45) is -2.49. The Bertz CT molecular complexity index is 926. The van der Waals surface area contributed by atoms with Crippen molar-refractivity contribution in [3.8, 4) is 11.8 Å². The number of piperidine rings is 1. The average Bonchev–Trinajstić information content (AvgIpc) is 2.74. The largest absolute Gasteiger partial charge is 0.416 e. The topological polar surface area (TPSA) is 40.5 Å². The van der Waals surface area contributed by atoms with Gasteiger partial charge >= 0.3 is 6.18 Å². The maximum atomic E-state index is 13.0. The molecule has 2 aromatic rings. The highest BCUT2D eigenvalue weighted by atomic mass is 19.4. The van der Waals surface area contributed by atoms with Crippen molar-refractivity contribution < 1.29 is 23.1 Å². The molecule has 1 N–H and O–H groups in total. The number of nitrogens with zero attached hydrogens (tertiary/aromatic N) is 1. The minimum absolute atomic E-state index is 0.0421. The minimum Gasteiger partial charge on any atom is -0.395 e. The number of aliphatic hydroxyl groups is 1. The molecule has 0 aromatic heterocycles. The molecule has 1 aliphatic heterocycles. The summed E-state index contributed by atoms with van der Waals surface area (Å²) in [5.74, 6) is 5.34. The van der Waals surface area contributed by atoms with Crippen molar-refractivity contribution in [2.24, 2.45) is 5.92 Å². The molecule has 1 fully saturated rings. The molecule has 0 amide bonds. The molecule has 3 rings (SSSR count). The van der Waals surface area contributed by atoms with Crippen LogP contribution in [0.25, 0.3) is 0 Å². The minimum atomic E-state index is -4.45. The molecule has 1 aliphatic rings. The van der Waals surface area contributed by atoms with Gasteiger partial charge in [0.15, 0.2) is 5.78 Å². The maximum Gasteiger partial charge on any atom is 0.416 e. The first-order valence-corrected chi connectivity index (χ1v) is 9.99. The van der Waals surface area contributed by atoms with Crippen molar-refractivity contribution in [1.82, 2.24) is 4.90 Å². The number of hydrogen-bond acceptors (Lipinski definition) is 3. The monoisotopic (exact) mass is 415 g/mol. The van der Waals surface area contributed by atoms with Crippen molar-refractivity contribution in [3.63, 3.8) is 0 Å². The third-order valence-electron chi connectivity index (χ3n) is 5.18. The van der Waals surface area contributed by atoms with Gasteiger partial charge in [0, 0.05) is 36.6 Å². The van der Waals surface area contributed by atoms with E-state index in [4.69, 9.17) is 5.11 Å². The van der Waals surface area contributed by atoms with Gasteiger partial charge in [0.25, 0.3) is 0 Å². The zero-order valence-electron chi connectivity index (χ0n) is 16.6. The number of benzene rings is 2. The van der Waals surface area contributed by atoms with E-state index in [1.165, 1.54) is 12.1 Å². The molecular weight excluding hydrogens is 391 g/mol. The number of Topliss-reactive ketones (excluding diaryl/α,β-unsaturated/α-hetero) is 1. The third-order valence-corrected chi connectivity index (χ3v) is 5.18. The van der Waals surface area contributed by atoms with E-state index in [2.05, 4.69) is 16.7 Å². The van der Waals surface area contributed by atoms with Crippen molar-refractivity contribution >= 4 is 5.78 Å². The Morgan fingerprint density at radius 1 is 1.17 bits per heavy atom. The summed E-state index contributed by atoms with van der Waals surface area (Å²) in [6.45, 7) is 2.11. The van der Waals surface area contributed by atoms with Crippen molar-refractivity contribution in [2.45, 2.75) is 32.0 Å². The second-order valence-corrected chi connectivity index (χ2v) is 7.49. The van der Waals surface area contributed by atoms with Crippen LogP contribution in [0.2, 0.25) is 0 Å². The highest BCUT2D eigenvalue weighted by Crippen LogP contribution is 2.31. The summed E-state index contributed by atoms with van der Waals surface area (Å²) in [7, 11) is 0. The first kappa shape index (κ1) is 22.1. The highest BCUT2D eigenvalue weighted by Gasteiger charge is 2.32. The van der Waals surface area contributed by atoms with Crippen LogP contribution >= 0.6 is 0 Å². The van der Waals surface area contributed by atoms with Gasteiger partial charge in [0.2, 0.25) is 0 Å². The number of ketones is 1. The van der Waals surface area contributed by atoms with Crippen LogP contribution in [0.1, 0.15) is 46.3 Å². The van der Waals surface area contributed by atoms with Gasteiger partial charge < -0.3 is 5.11 Å². The van der Waals surface area contributed by atoms with Gasteiger partial charge in [-0.3, -0.25) is 9.69 Å². The van der Waals surface area contributed by atoms with E-state index in [1.54, 1.807) is 0 Å². The van der Waals surface area contributed by atoms with E-state index in [0.29, 0.717) is 25.9 Å². The molecule has 0 bridgehead atoms. The molecule has 0 radical (unpaired) electrons. The van der Waals surface area contributed by atoms with Crippen LogP contribution in [-0.4, -0.2) is 35.5 Å². The average molecular weight is 415 g/mol. The Balaban J connectivity index is 1.63. The molecular formula is C24H24F3NO2. The number of carbonyl (C=O) groups is 1. The molecule has 0 aliphatic carbocycles. The fourth-order valence-electron chi connectivity index (χ4n) is 3.67. The summed E-state index contributed by atoms with van der Waals surface area (Å²) in [5, 5.41) is 8.77. The molecule has 1 atom stereocenters. The van der Waals surface area contributed by atoms with Gasteiger partial charge in [0.1, 0.15) is 0 Å². The molecule has 158 valence electrons. The quantitative estimate of drug-likeness (QED) is 0.576. The van der Waals surface area contributed by atoms with E-state index in [0.717, 1.165) is 36.2 Å². The van der Waals surface area contributed by atoms with Gasteiger partial charge in [-0.1, -0.05) is 36.1 Å². The fourth-order valence-corrected chi connectivity index (χ4v) is 3.67. The maximum absolute atomic E-state index is 13.0. The smallest absolute Gasteiger partial charge is 0.395 e. The molecule has 1 heterocycles. The summed E-state index contributed by atoms with van der Waals surface area (Å²) in [6, 6.07) is 12.5. The lowest BCUT2D eigenvalue weighted by atomic mass is 9.89. The van der Waals surface area contributed by atoms with Crippen LogP contribution in [0.3, 0.4) is 0 Å². The number of alkyl halides is 3. The first-order chi connectivity index (χ1) is 14.4. The summed E-state index contributed by atoms with van der Waals surface area (Å²) in [4.78, 5) is 15.0. The van der Waals surface area contributed by atoms with Gasteiger partial charge in [-0.15, -0.1) is 0 Å². The van der Waals surface area contributed by atoms with E-state index in [9.17, 15) is 18.0 Å². The van der Waals surface area contributed by atoms with Crippen molar-refractivity contribution in [3.05, 3.63) is 70.8 Å². The summed E-state index contributed by atoms with van der Waals surface area (Å²) >= 11 is 0. The van der Waals surface area contributed by atoms with Gasteiger partial charge in [-0.25, -0.2) is 0 Å². The number of rotatable bonds is 5. The third kappa shape index (κ3) is 5.94. The predicted molar refractivity (Wildman–Crippen MR) is 109 cm³/mol. The number of carbonyl (C=O) groups excluding carboxylic acids is 1. The van der Waals surface area contributed by atoms with Crippen LogP contribution < -0.4 is 0 Å². The molecule has 0 unspecified atom stereocenters. The predicted octanol–water partition coefficient (Wildman–Crippen LogP) is 4.53. The molecule has 30 heavy (non-hydrogen) atoms. The molecule has 0 saturated carbocycles. The van der Waals surface area contributed by atoms with Crippen LogP contribution in [0.4, 0.5) is 13.2 Å². The van der Waals surface area contributed by atoms with Gasteiger partial charge in [-0.2, -0.15) is 13.2 Å². The lowest BCUT2D eigenvalue weighted by Crippen LogP contribution is -2.38. The summed E-state index contributed by atoms with van der Waals surface area (Å²) in [5.41, 5.74) is 1.31. The first-order valence-electron chi connectivity index (χ1n) is 9.99. The Kier molecular flexibility index (Phi) is 7.30. The van der Waals surface area contributed by atoms with Crippen molar-refractivity contribution in [2.75, 3.05) is 19.7 Å². The molecule has 1 saturated heterocycles. The van der Waals surface area contributed by atoms with Gasteiger partial charge in [-0.05, 0) is 49.2 Å². The second kappa shape index (κ2) is 9.92. The van der Waals surface area contributed by atoms with Crippen molar-refractivity contribution in [1.29, 1.82) is 0 Å². The van der Waals surface area contributed by atoms with Crippen LogP contribution in [0, 0.1) is 17.8 Å². The van der Waals surface area contributed by atoms with E-state index < -0.39 is 11.7 Å². The zero-order chi connectivity index (χ0) is 21.6. The standard InChI is InChI=1S/C24H24F3NO2/c25-24(26,27)22-8-3-6-20(15-22)23(30)21-7-4-13-28(17-21)16-19-11-9-18(10-12-19)5-1-2-14-29/h3,6,8-12,15,21,29H,2,4,7,13-14,16-17H2/t21-/m0/s1. The Labute approximate surface area is 174 Å². The number of aliphatic hydroxyl groups excluding tert-OH is 1. The summed E-state index contributed by atoms with van der Waals surface area (Å²) < 4.78 is 38.9. The number of halogens is 3. The zero-order valence-corrected chi connectivity index (χ0v) is 16.6. The Morgan fingerprint density at radius 2 is 1.93 bits per heavy atom. The molecule has 2 aromatic carbocycles. The molecule has 3 nitrogen and oxygen atoms in total. The number of likely N-dealkylation sites (tertiary alicyclic amines) is 1. The Hall–Kier alpha value is -2.62. The Morgan fingerprint density at radius 3 is 2.63 bits per heavy atom. The van der Waals surface area contributed by atoms with E-state index in [1.807, 2.05) is 24.3 Å². The van der Waals surface area contributed by atoms with Crippen LogP contribution in [-0.2, 0) is 12.7 Å². The lowest BCUT2D eigenvalue weighted by Gasteiger charge is -2.32. The molecule has 6 heteroatoms. The normalized spacial score (nSPS) is 17.3. The molecule has 0 spiro atoms. The SMILES string of the molecule is O=C(c1cccc(C(F)(F)F)c1)[C@H]1CCCN(Cc2ccc(C#CCCO)cc2)C1.